The highest BCUT2D eigenvalue weighted by Gasteiger charge is 2.33. The van der Waals surface area contributed by atoms with Crippen molar-refractivity contribution in [2.75, 3.05) is 11.4 Å². The molecule has 150 valence electrons. The van der Waals surface area contributed by atoms with Crippen LogP contribution in [0.25, 0.3) is 22.4 Å². The molecule has 1 aromatic carbocycles. The van der Waals surface area contributed by atoms with Gasteiger partial charge in [0.1, 0.15) is 11.6 Å². The van der Waals surface area contributed by atoms with E-state index < -0.39 is 0 Å². The van der Waals surface area contributed by atoms with Crippen LogP contribution in [-0.4, -0.2) is 33.4 Å². The number of carbonyl (C=O) groups is 1. The van der Waals surface area contributed by atoms with Gasteiger partial charge in [-0.3, -0.25) is 14.8 Å². The van der Waals surface area contributed by atoms with Gasteiger partial charge in [0.2, 0.25) is 5.91 Å². The summed E-state index contributed by atoms with van der Waals surface area (Å²) in [6, 6.07) is 15.6. The molecule has 1 N–H and O–H groups in total. The number of pyridine rings is 2. The molecule has 4 aromatic rings. The summed E-state index contributed by atoms with van der Waals surface area (Å²) < 4.78 is 5.88. The van der Waals surface area contributed by atoms with E-state index in [0.717, 1.165) is 47.3 Å². The van der Waals surface area contributed by atoms with Crippen LogP contribution in [0.1, 0.15) is 18.4 Å². The van der Waals surface area contributed by atoms with Gasteiger partial charge in [0.05, 0.1) is 5.69 Å². The normalized spacial score (nSPS) is 16.1. The Hall–Kier alpha value is -3.74. The first-order valence-corrected chi connectivity index (χ1v) is 10.0. The van der Waals surface area contributed by atoms with Crippen molar-refractivity contribution in [3.63, 3.8) is 0 Å². The molecular formula is C23H21N5O2. The van der Waals surface area contributed by atoms with Gasteiger partial charge < -0.3 is 14.6 Å². The molecule has 30 heavy (non-hydrogen) atoms. The number of anilines is 1. The molecule has 1 fully saturated rings. The number of oxazole rings is 1. The number of nitrogens with zero attached hydrogens (tertiary/aromatic N) is 4. The van der Waals surface area contributed by atoms with Crippen molar-refractivity contribution in [1.82, 2.24) is 20.3 Å². The first-order chi connectivity index (χ1) is 14.8. The van der Waals surface area contributed by atoms with Gasteiger partial charge in [0, 0.05) is 37.2 Å². The minimum absolute atomic E-state index is 0.0166. The van der Waals surface area contributed by atoms with Crippen LogP contribution in [0.5, 0.6) is 0 Å². The number of amides is 1. The van der Waals surface area contributed by atoms with Crippen molar-refractivity contribution < 1.29 is 9.21 Å². The van der Waals surface area contributed by atoms with E-state index in [-0.39, 0.29) is 11.9 Å². The number of benzene rings is 1. The van der Waals surface area contributed by atoms with E-state index in [1.54, 1.807) is 18.6 Å². The summed E-state index contributed by atoms with van der Waals surface area (Å²) in [6.45, 7) is 1.20. The Bertz CT molecular complexity index is 1140. The lowest BCUT2D eigenvalue weighted by Crippen LogP contribution is -2.43. The van der Waals surface area contributed by atoms with Crippen LogP contribution >= 0.6 is 0 Å². The summed E-state index contributed by atoms with van der Waals surface area (Å²) in [5.74, 6) is -0.0166. The fourth-order valence-electron chi connectivity index (χ4n) is 3.82. The Morgan fingerprint density at radius 2 is 2.00 bits per heavy atom. The molecule has 0 saturated carbocycles. The average molecular weight is 399 g/mol. The maximum Gasteiger partial charge on any atom is 0.299 e. The Morgan fingerprint density at radius 1 is 1.13 bits per heavy atom. The second-order valence-corrected chi connectivity index (χ2v) is 7.32. The lowest BCUT2D eigenvalue weighted by Gasteiger charge is -2.22. The fraction of sp³-hybridized carbons (Fsp3) is 0.217. The predicted octanol–water partition coefficient (Wildman–Crippen LogP) is 3.57. The zero-order chi connectivity index (χ0) is 20.3. The van der Waals surface area contributed by atoms with Crippen molar-refractivity contribution >= 4 is 23.0 Å². The van der Waals surface area contributed by atoms with Crippen molar-refractivity contribution in [3.8, 4) is 11.3 Å². The quantitative estimate of drug-likeness (QED) is 0.552. The van der Waals surface area contributed by atoms with Gasteiger partial charge >= 0.3 is 0 Å². The van der Waals surface area contributed by atoms with Crippen LogP contribution in [0.2, 0.25) is 0 Å². The molecule has 3 aromatic heterocycles. The molecular weight excluding hydrogens is 378 g/mol. The molecule has 7 nitrogen and oxygen atoms in total. The number of hydrogen-bond acceptors (Lipinski definition) is 6. The molecule has 1 aliphatic rings. The largest absolute Gasteiger partial charge is 0.423 e. The summed E-state index contributed by atoms with van der Waals surface area (Å²) >= 11 is 0. The maximum absolute atomic E-state index is 12.9. The summed E-state index contributed by atoms with van der Waals surface area (Å²) in [4.78, 5) is 27.9. The lowest BCUT2D eigenvalue weighted by molar-refractivity contribution is -0.122. The van der Waals surface area contributed by atoms with Crippen molar-refractivity contribution in [1.29, 1.82) is 0 Å². The first kappa shape index (κ1) is 18.3. The molecule has 0 radical (unpaired) electrons. The summed E-state index contributed by atoms with van der Waals surface area (Å²) in [5, 5.41) is 3.06. The Kier molecular flexibility index (Phi) is 4.85. The molecule has 0 bridgehead atoms. The topological polar surface area (TPSA) is 84.2 Å². The SMILES string of the molecule is O=C(NCc1ccnc(-c2ccncc2)c1)[C@@H]1CCCN1c1nc2ccccc2o1. The van der Waals surface area contributed by atoms with E-state index >= 15 is 0 Å². The molecule has 0 spiro atoms. The van der Waals surface area contributed by atoms with Crippen LogP contribution in [0.15, 0.2) is 71.5 Å². The zero-order valence-corrected chi connectivity index (χ0v) is 16.4. The van der Waals surface area contributed by atoms with Crippen molar-refractivity contribution in [2.24, 2.45) is 0 Å². The van der Waals surface area contributed by atoms with Crippen molar-refractivity contribution in [3.05, 3.63) is 72.7 Å². The van der Waals surface area contributed by atoms with Crippen LogP contribution in [0.3, 0.4) is 0 Å². The van der Waals surface area contributed by atoms with Gasteiger partial charge in [0.25, 0.3) is 6.01 Å². The number of aromatic nitrogens is 3. The lowest BCUT2D eigenvalue weighted by atomic mass is 10.1. The second-order valence-electron chi connectivity index (χ2n) is 7.32. The van der Waals surface area contributed by atoms with Gasteiger partial charge in [-0.05, 0) is 54.8 Å². The first-order valence-electron chi connectivity index (χ1n) is 10.0. The predicted molar refractivity (Wildman–Crippen MR) is 114 cm³/mol. The van der Waals surface area contributed by atoms with E-state index in [9.17, 15) is 4.79 Å². The minimum Gasteiger partial charge on any atom is -0.423 e. The Morgan fingerprint density at radius 3 is 2.87 bits per heavy atom. The van der Waals surface area contributed by atoms with Gasteiger partial charge in [-0.1, -0.05) is 12.1 Å². The third-order valence-electron chi connectivity index (χ3n) is 5.35. The van der Waals surface area contributed by atoms with Gasteiger partial charge in [-0.2, -0.15) is 4.98 Å². The number of nitrogens with one attached hydrogen (secondary N) is 1. The summed E-state index contributed by atoms with van der Waals surface area (Å²) in [7, 11) is 0. The zero-order valence-electron chi connectivity index (χ0n) is 16.4. The standard InChI is InChI=1S/C23H21N5O2/c29-22(26-15-16-7-12-25-19(14-16)17-8-10-24-11-9-17)20-5-3-13-28(20)23-27-18-4-1-2-6-21(18)30-23/h1-2,4,6-12,14,20H,3,5,13,15H2,(H,26,29)/t20-/m0/s1. The number of fused-ring (bicyclic) bond motifs is 1. The molecule has 1 aliphatic heterocycles. The number of para-hydroxylation sites is 2. The Labute approximate surface area is 173 Å². The maximum atomic E-state index is 12.9. The van der Waals surface area contributed by atoms with Crippen LogP contribution in [-0.2, 0) is 11.3 Å². The highest BCUT2D eigenvalue weighted by atomic mass is 16.4. The van der Waals surface area contributed by atoms with Crippen LogP contribution in [0.4, 0.5) is 6.01 Å². The molecule has 1 atom stereocenters. The molecule has 7 heteroatoms. The Balaban J connectivity index is 1.28. The number of carbonyl (C=O) groups excluding carboxylic acids is 1. The molecule has 1 amide bonds. The van der Waals surface area contributed by atoms with Crippen molar-refractivity contribution in [2.45, 2.75) is 25.4 Å². The van der Waals surface area contributed by atoms with E-state index in [0.29, 0.717) is 12.6 Å². The van der Waals surface area contributed by atoms with E-state index in [2.05, 4.69) is 20.3 Å². The van der Waals surface area contributed by atoms with E-state index in [1.165, 1.54) is 0 Å². The summed E-state index contributed by atoms with van der Waals surface area (Å²) in [5.41, 5.74) is 4.39. The fourth-order valence-corrected chi connectivity index (χ4v) is 3.82. The highest BCUT2D eigenvalue weighted by molar-refractivity contribution is 5.85. The van der Waals surface area contributed by atoms with Gasteiger partial charge in [0.15, 0.2) is 5.58 Å². The second kappa shape index (κ2) is 7.94. The molecule has 0 unspecified atom stereocenters. The van der Waals surface area contributed by atoms with Gasteiger partial charge in [-0.15, -0.1) is 0 Å². The number of hydrogen-bond donors (Lipinski definition) is 1. The van der Waals surface area contributed by atoms with E-state index in [1.807, 2.05) is 53.4 Å². The summed E-state index contributed by atoms with van der Waals surface area (Å²) in [6.07, 6.45) is 6.96. The third kappa shape index (κ3) is 3.61. The molecule has 5 rings (SSSR count). The van der Waals surface area contributed by atoms with Crippen LogP contribution < -0.4 is 10.2 Å². The number of rotatable bonds is 5. The van der Waals surface area contributed by atoms with E-state index in [4.69, 9.17) is 4.42 Å². The average Bonchev–Trinajstić information content (AvgIpc) is 3.45. The third-order valence-corrected chi connectivity index (χ3v) is 5.35. The monoisotopic (exact) mass is 399 g/mol. The highest BCUT2D eigenvalue weighted by Crippen LogP contribution is 2.28. The molecule has 1 saturated heterocycles. The molecule has 0 aliphatic carbocycles. The smallest absolute Gasteiger partial charge is 0.299 e. The molecule has 4 heterocycles. The van der Waals surface area contributed by atoms with Gasteiger partial charge in [-0.25, -0.2) is 0 Å². The van der Waals surface area contributed by atoms with Crippen LogP contribution in [0, 0.1) is 0 Å². The minimum atomic E-state index is -0.278.